The fourth-order valence-corrected chi connectivity index (χ4v) is 6.05. The van der Waals surface area contributed by atoms with Crippen molar-refractivity contribution < 1.29 is 23.9 Å². The molecule has 1 aromatic carbocycles. The second-order valence-electron chi connectivity index (χ2n) is 12.0. The summed E-state index contributed by atoms with van der Waals surface area (Å²) in [4.78, 5) is 43.5. The van der Waals surface area contributed by atoms with Gasteiger partial charge in [0.25, 0.3) is 11.8 Å². The SMILES string of the molecule is COC(=O)C1(C)CCC(C)(CNC(=O)c2cc(C(=O)NCc3ccc4c(c3)-n3cnnc3CO4)nc3ccnn23)C(C)C1. The van der Waals surface area contributed by atoms with Gasteiger partial charge in [-0.3, -0.25) is 19.0 Å². The summed E-state index contributed by atoms with van der Waals surface area (Å²) in [6, 6.07) is 8.74. The molecule has 0 saturated heterocycles. The lowest BCUT2D eigenvalue weighted by atomic mass is 9.59. The minimum atomic E-state index is -0.529. The Morgan fingerprint density at radius 3 is 2.74 bits per heavy atom. The van der Waals surface area contributed by atoms with E-state index in [1.165, 1.54) is 23.9 Å². The highest BCUT2D eigenvalue weighted by Gasteiger charge is 2.47. The minimum Gasteiger partial charge on any atom is -0.483 e. The summed E-state index contributed by atoms with van der Waals surface area (Å²) in [7, 11) is 1.42. The Morgan fingerprint density at radius 2 is 1.95 bits per heavy atom. The molecular formula is C30H34N8O5. The van der Waals surface area contributed by atoms with Gasteiger partial charge in [0.1, 0.15) is 30.1 Å². The van der Waals surface area contributed by atoms with Crippen molar-refractivity contribution in [1.82, 2.24) is 40.0 Å². The van der Waals surface area contributed by atoms with Crippen molar-refractivity contribution in [2.45, 2.75) is 53.2 Å². The average Bonchev–Trinajstić information content (AvgIpc) is 3.70. The van der Waals surface area contributed by atoms with Gasteiger partial charge in [0.2, 0.25) is 0 Å². The van der Waals surface area contributed by atoms with Gasteiger partial charge in [0.05, 0.1) is 24.4 Å². The number of hydrogen-bond donors (Lipinski definition) is 2. The normalized spacial score (nSPS) is 22.7. The molecule has 1 aliphatic carbocycles. The van der Waals surface area contributed by atoms with E-state index in [9.17, 15) is 14.4 Å². The van der Waals surface area contributed by atoms with E-state index < -0.39 is 11.3 Å². The zero-order valence-corrected chi connectivity index (χ0v) is 24.6. The Bertz CT molecular complexity index is 1730. The number of aromatic nitrogens is 6. The first-order valence-electron chi connectivity index (χ1n) is 14.2. The number of hydrogen-bond acceptors (Lipinski definition) is 9. The maximum Gasteiger partial charge on any atom is 0.311 e. The van der Waals surface area contributed by atoms with E-state index in [-0.39, 0.29) is 41.1 Å². The molecule has 3 atom stereocenters. The van der Waals surface area contributed by atoms with Crippen LogP contribution in [0.15, 0.2) is 42.9 Å². The van der Waals surface area contributed by atoms with E-state index in [2.05, 4.69) is 44.8 Å². The molecule has 0 radical (unpaired) electrons. The molecule has 2 amide bonds. The second-order valence-corrected chi connectivity index (χ2v) is 12.0. The van der Waals surface area contributed by atoms with Crippen LogP contribution in [0.1, 0.15) is 72.4 Å². The molecular weight excluding hydrogens is 552 g/mol. The molecule has 13 nitrogen and oxygen atoms in total. The zero-order valence-electron chi connectivity index (χ0n) is 24.6. The molecule has 2 aliphatic rings. The van der Waals surface area contributed by atoms with Gasteiger partial charge in [-0.25, -0.2) is 9.50 Å². The lowest BCUT2D eigenvalue weighted by Gasteiger charge is -2.46. The predicted octanol–water partition coefficient (Wildman–Crippen LogP) is 2.87. The predicted molar refractivity (Wildman–Crippen MR) is 153 cm³/mol. The standard InChI is InChI=1S/C30H34N8O5/c1-18-13-29(2,28(41)42-4)8-9-30(18,3)16-32-27(40)22-12-20(35-24-7-10-34-38(22)24)26(39)31-14-19-5-6-23-21(11-19)37-17-33-36-25(37)15-43-23/h5-7,10-12,17-18H,8-9,13-16H2,1-4H3,(H,31,39)(H,32,40). The number of nitrogens with zero attached hydrogens (tertiary/aromatic N) is 6. The van der Waals surface area contributed by atoms with Crippen LogP contribution in [0.3, 0.4) is 0 Å². The third-order valence-electron chi connectivity index (χ3n) is 9.06. The van der Waals surface area contributed by atoms with Gasteiger partial charge in [-0.2, -0.15) is 5.10 Å². The highest BCUT2D eigenvalue weighted by atomic mass is 16.5. The van der Waals surface area contributed by atoms with Crippen LogP contribution in [-0.4, -0.2) is 60.8 Å². The second kappa shape index (κ2) is 10.8. The van der Waals surface area contributed by atoms with Crippen molar-refractivity contribution in [3.05, 3.63) is 65.6 Å². The first-order chi connectivity index (χ1) is 20.6. The van der Waals surface area contributed by atoms with E-state index in [1.807, 2.05) is 29.7 Å². The Kier molecular flexibility index (Phi) is 7.10. The number of fused-ring (bicyclic) bond motifs is 4. The molecule has 2 N–H and O–H groups in total. The molecule has 224 valence electrons. The summed E-state index contributed by atoms with van der Waals surface area (Å²) in [6.07, 6.45) is 5.27. The Hall–Kier alpha value is -4.81. The largest absolute Gasteiger partial charge is 0.483 e. The summed E-state index contributed by atoms with van der Waals surface area (Å²) in [5.41, 5.74) is 1.59. The van der Waals surface area contributed by atoms with Crippen LogP contribution in [0, 0.1) is 16.7 Å². The molecule has 4 heterocycles. The van der Waals surface area contributed by atoms with Gasteiger partial charge in [-0.1, -0.05) is 19.9 Å². The first kappa shape index (κ1) is 28.3. The van der Waals surface area contributed by atoms with Crippen LogP contribution in [0.2, 0.25) is 0 Å². The molecule has 4 aromatic rings. The number of carbonyl (C=O) groups is 3. The fourth-order valence-electron chi connectivity index (χ4n) is 6.05. The van der Waals surface area contributed by atoms with Crippen LogP contribution in [-0.2, 0) is 22.7 Å². The lowest BCUT2D eigenvalue weighted by Crippen LogP contribution is -2.47. The maximum absolute atomic E-state index is 13.5. The summed E-state index contributed by atoms with van der Waals surface area (Å²) in [5.74, 6) is 0.593. The van der Waals surface area contributed by atoms with E-state index >= 15 is 0 Å². The fraction of sp³-hybridized carbons (Fsp3) is 0.433. The smallest absolute Gasteiger partial charge is 0.311 e. The Morgan fingerprint density at radius 1 is 1.12 bits per heavy atom. The molecule has 3 unspecified atom stereocenters. The number of methoxy groups -OCH3 is 1. The third-order valence-corrected chi connectivity index (χ3v) is 9.06. The molecule has 0 spiro atoms. The van der Waals surface area contributed by atoms with Gasteiger partial charge in [0, 0.05) is 25.2 Å². The van der Waals surface area contributed by atoms with Crippen molar-refractivity contribution >= 4 is 23.4 Å². The van der Waals surface area contributed by atoms with Crippen LogP contribution in [0.5, 0.6) is 5.75 Å². The van der Waals surface area contributed by atoms with Crippen LogP contribution in [0.4, 0.5) is 0 Å². The summed E-state index contributed by atoms with van der Waals surface area (Å²) >= 11 is 0. The summed E-state index contributed by atoms with van der Waals surface area (Å²) in [5, 5.41) is 18.2. The minimum absolute atomic E-state index is 0.103. The van der Waals surface area contributed by atoms with Crippen molar-refractivity contribution in [3.63, 3.8) is 0 Å². The Labute approximate surface area is 248 Å². The zero-order chi connectivity index (χ0) is 30.4. The van der Waals surface area contributed by atoms with E-state index in [0.717, 1.165) is 17.7 Å². The van der Waals surface area contributed by atoms with Gasteiger partial charge in [-0.05, 0) is 55.2 Å². The van der Waals surface area contributed by atoms with E-state index in [1.54, 1.807) is 12.4 Å². The summed E-state index contributed by atoms with van der Waals surface area (Å²) in [6.45, 7) is 7.16. The highest BCUT2D eigenvalue weighted by Crippen LogP contribution is 2.49. The number of rotatable bonds is 7. The molecule has 3 aromatic heterocycles. The van der Waals surface area contributed by atoms with Crippen molar-refractivity contribution in [2.24, 2.45) is 16.7 Å². The van der Waals surface area contributed by atoms with Crippen molar-refractivity contribution in [1.29, 1.82) is 0 Å². The molecule has 1 fully saturated rings. The van der Waals surface area contributed by atoms with Crippen molar-refractivity contribution in [2.75, 3.05) is 13.7 Å². The average molecular weight is 587 g/mol. The maximum atomic E-state index is 13.5. The van der Waals surface area contributed by atoms with Crippen LogP contribution < -0.4 is 15.4 Å². The highest BCUT2D eigenvalue weighted by molar-refractivity contribution is 5.98. The number of ether oxygens (including phenoxy) is 2. The molecule has 1 aliphatic heterocycles. The number of esters is 1. The molecule has 43 heavy (non-hydrogen) atoms. The summed E-state index contributed by atoms with van der Waals surface area (Å²) < 4.78 is 14.1. The molecule has 0 bridgehead atoms. The topological polar surface area (TPSA) is 155 Å². The first-order valence-corrected chi connectivity index (χ1v) is 14.2. The molecule has 6 rings (SSSR count). The quantitative estimate of drug-likeness (QED) is 0.311. The van der Waals surface area contributed by atoms with Gasteiger partial charge < -0.3 is 20.1 Å². The van der Waals surface area contributed by atoms with Crippen molar-refractivity contribution in [3.8, 4) is 11.4 Å². The number of benzene rings is 1. The van der Waals surface area contributed by atoms with E-state index in [4.69, 9.17) is 9.47 Å². The Balaban J connectivity index is 1.15. The van der Waals surface area contributed by atoms with Crippen LogP contribution >= 0.6 is 0 Å². The van der Waals surface area contributed by atoms with Gasteiger partial charge in [0.15, 0.2) is 11.5 Å². The monoisotopic (exact) mass is 586 g/mol. The van der Waals surface area contributed by atoms with Crippen LogP contribution in [0.25, 0.3) is 11.3 Å². The molecule has 13 heteroatoms. The van der Waals surface area contributed by atoms with Gasteiger partial charge in [-0.15, -0.1) is 10.2 Å². The van der Waals surface area contributed by atoms with Gasteiger partial charge >= 0.3 is 5.97 Å². The third kappa shape index (κ3) is 5.19. The lowest BCUT2D eigenvalue weighted by molar-refractivity contribution is -0.156. The number of carbonyl (C=O) groups excluding carboxylic acids is 3. The number of amides is 2. The van der Waals surface area contributed by atoms with E-state index in [0.29, 0.717) is 43.2 Å². The molecule has 1 saturated carbocycles. The number of nitrogens with one attached hydrogen (secondary N) is 2.